The largest absolute Gasteiger partial charge is 0.330 e. The average Bonchev–Trinajstić information content (AvgIpc) is 2.79. The van der Waals surface area contributed by atoms with Crippen LogP contribution in [0.2, 0.25) is 0 Å². The topological polar surface area (TPSA) is 69.6 Å². The van der Waals surface area contributed by atoms with E-state index in [1.165, 1.54) is 0 Å². The van der Waals surface area contributed by atoms with Crippen LogP contribution in [0.5, 0.6) is 0 Å². The van der Waals surface area contributed by atoms with E-state index in [1.807, 2.05) is 23.2 Å². The first-order valence-corrected chi connectivity index (χ1v) is 5.88. The third-order valence-corrected chi connectivity index (χ3v) is 2.53. The molecule has 0 saturated heterocycles. The third kappa shape index (κ3) is 2.68. The van der Waals surface area contributed by atoms with Crippen molar-refractivity contribution in [3.05, 3.63) is 36.2 Å². The second-order valence-electron chi connectivity index (χ2n) is 3.89. The summed E-state index contributed by atoms with van der Waals surface area (Å²) in [5.74, 6) is 1.67. The molecule has 17 heavy (non-hydrogen) atoms. The lowest BCUT2D eigenvalue weighted by Crippen LogP contribution is -2.07. The van der Waals surface area contributed by atoms with Crippen molar-refractivity contribution < 1.29 is 0 Å². The SMILES string of the molecule is CCCc1nccn1-c1ncc(CCN)cn1. The van der Waals surface area contributed by atoms with Crippen LogP contribution in [0.1, 0.15) is 24.7 Å². The molecule has 0 bridgehead atoms. The van der Waals surface area contributed by atoms with E-state index in [4.69, 9.17) is 5.73 Å². The van der Waals surface area contributed by atoms with Crippen LogP contribution in [-0.4, -0.2) is 26.1 Å². The molecule has 5 nitrogen and oxygen atoms in total. The van der Waals surface area contributed by atoms with Crippen molar-refractivity contribution in [2.24, 2.45) is 5.73 Å². The summed E-state index contributed by atoms with van der Waals surface area (Å²) in [6.07, 6.45) is 10.1. The Hall–Kier alpha value is -1.75. The molecule has 0 atom stereocenters. The van der Waals surface area contributed by atoms with Crippen LogP contribution < -0.4 is 5.73 Å². The average molecular weight is 231 g/mol. The fraction of sp³-hybridized carbons (Fsp3) is 0.417. The Balaban J connectivity index is 2.23. The van der Waals surface area contributed by atoms with Gasteiger partial charge in [0.15, 0.2) is 0 Å². The van der Waals surface area contributed by atoms with E-state index >= 15 is 0 Å². The fourth-order valence-electron chi connectivity index (χ4n) is 1.69. The van der Waals surface area contributed by atoms with Gasteiger partial charge in [0.2, 0.25) is 5.95 Å². The van der Waals surface area contributed by atoms with Gasteiger partial charge in [-0.05, 0) is 24.9 Å². The molecule has 0 fully saturated rings. The van der Waals surface area contributed by atoms with Crippen LogP contribution in [0.3, 0.4) is 0 Å². The van der Waals surface area contributed by atoms with Crippen LogP contribution in [0.15, 0.2) is 24.8 Å². The molecule has 2 aromatic heterocycles. The number of hydrogen-bond acceptors (Lipinski definition) is 4. The van der Waals surface area contributed by atoms with E-state index in [9.17, 15) is 0 Å². The van der Waals surface area contributed by atoms with Gasteiger partial charge in [-0.2, -0.15) is 0 Å². The zero-order valence-electron chi connectivity index (χ0n) is 10.0. The molecule has 2 rings (SSSR count). The van der Waals surface area contributed by atoms with E-state index in [0.717, 1.165) is 30.7 Å². The molecule has 5 heteroatoms. The molecule has 0 aliphatic carbocycles. The molecule has 0 aromatic carbocycles. The van der Waals surface area contributed by atoms with Crippen LogP contribution in [0.4, 0.5) is 0 Å². The number of hydrogen-bond donors (Lipinski definition) is 1. The van der Waals surface area contributed by atoms with Crippen molar-refractivity contribution in [1.82, 2.24) is 19.5 Å². The highest BCUT2D eigenvalue weighted by molar-refractivity contribution is 5.18. The second kappa shape index (κ2) is 5.54. The van der Waals surface area contributed by atoms with E-state index in [2.05, 4.69) is 21.9 Å². The molecule has 90 valence electrons. The first-order valence-electron chi connectivity index (χ1n) is 5.88. The maximum atomic E-state index is 5.49. The lowest BCUT2D eigenvalue weighted by atomic mass is 10.2. The predicted octanol–water partition coefficient (Wildman–Crippen LogP) is 1.12. The van der Waals surface area contributed by atoms with E-state index in [0.29, 0.717) is 12.5 Å². The molecule has 0 radical (unpaired) electrons. The summed E-state index contributed by atoms with van der Waals surface area (Å²) < 4.78 is 1.93. The lowest BCUT2D eigenvalue weighted by molar-refractivity contribution is 0.778. The first kappa shape index (κ1) is 11.7. The summed E-state index contributed by atoms with van der Waals surface area (Å²) in [5, 5.41) is 0. The summed E-state index contributed by atoms with van der Waals surface area (Å²) in [6.45, 7) is 2.75. The lowest BCUT2D eigenvalue weighted by Gasteiger charge is -2.05. The van der Waals surface area contributed by atoms with Crippen LogP contribution in [0.25, 0.3) is 5.95 Å². The summed E-state index contributed by atoms with van der Waals surface area (Å²) in [4.78, 5) is 13.0. The van der Waals surface area contributed by atoms with Crippen LogP contribution >= 0.6 is 0 Å². The molecule has 0 aliphatic heterocycles. The highest BCUT2D eigenvalue weighted by Crippen LogP contribution is 2.07. The number of aromatic nitrogens is 4. The smallest absolute Gasteiger partial charge is 0.235 e. The van der Waals surface area contributed by atoms with Crippen molar-refractivity contribution in [1.29, 1.82) is 0 Å². The maximum Gasteiger partial charge on any atom is 0.235 e. The minimum Gasteiger partial charge on any atom is -0.330 e. The first-order chi connectivity index (χ1) is 8.35. The van der Waals surface area contributed by atoms with Gasteiger partial charge in [0.05, 0.1) is 0 Å². The van der Waals surface area contributed by atoms with Crippen molar-refractivity contribution in [2.45, 2.75) is 26.2 Å². The Morgan fingerprint density at radius 2 is 1.94 bits per heavy atom. The van der Waals surface area contributed by atoms with E-state index < -0.39 is 0 Å². The van der Waals surface area contributed by atoms with Gasteiger partial charge in [-0.1, -0.05) is 6.92 Å². The van der Waals surface area contributed by atoms with Gasteiger partial charge in [0, 0.05) is 31.2 Å². The monoisotopic (exact) mass is 231 g/mol. The molecular weight excluding hydrogens is 214 g/mol. The van der Waals surface area contributed by atoms with Crippen LogP contribution in [0, 0.1) is 0 Å². The molecule has 0 amide bonds. The maximum absolute atomic E-state index is 5.49. The molecular formula is C12H17N5. The Kier molecular flexibility index (Phi) is 3.82. The Morgan fingerprint density at radius 3 is 2.59 bits per heavy atom. The van der Waals surface area contributed by atoms with E-state index in [-0.39, 0.29) is 0 Å². The number of rotatable bonds is 5. The van der Waals surface area contributed by atoms with Gasteiger partial charge in [0.25, 0.3) is 0 Å². The zero-order valence-corrected chi connectivity index (χ0v) is 10.0. The third-order valence-electron chi connectivity index (χ3n) is 2.53. The quantitative estimate of drug-likeness (QED) is 0.837. The summed E-state index contributed by atoms with van der Waals surface area (Å²) >= 11 is 0. The van der Waals surface area contributed by atoms with Gasteiger partial charge in [-0.3, -0.25) is 4.57 Å². The van der Waals surface area contributed by atoms with Gasteiger partial charge in [-0.15, -0.1) is 0 Å². The number of imidazole rings is 1. The Labute approximate surface area is 101 Å². The summed E-state index contributed by atoms with van der Waals surface area (Å²) in [5.41, 5.74) is 6.55. The summed E-state index contributed by atoms with van der Waals surface area (Å²) in [7, 11) is 0. The van der Waals surface area contributed by atoms with Gasteiger partial charge in [-0.25, -0.2) is 15.0 Å². The molecule has 2 N–H and O–H groups in total. The molecule has 0 unspecified atom stereocenters. The highest BCUT2D eigenvalue weighted by atomic mass is 15.2. The predicted molar refractivity (Wildman–Crippen MR) is 65.9 cm³/mol. The van der Waals surface area contributed by atoms with Crippen molar-refractivity contribution in [2.75, 3.05) is 6.54 Å². The molecule has 0 spiro atoms. The molecule has 0 saturated carbocycles. The van der Waals surface area contributed by atoms with E-state index in [1.54, 1.807) is 6.20 Å². The molecule has 2 aromatic rings. The van der Waals surface area contributed by atoms with Crippen molar-refractivity contribution in [3.63, 3.8) is 0 Å². The second-order valence-corrected chi connectivity index (χ2v) is 3.89. The van der Waals surface area contributed by atoms with Crippen molar-refractivity contribution in [3.8, 4) is 5.95 Å². The van der Waals surface area contributed by atoms with Gasteiger partial charge in [0.1, 0.15) is 5.82 Å². The Morgan fingerprint density at radius 1 is 1.18 bits per heavy atom. The zero-order chi connectivity index (χ0) is 12.1. The minimum absolute atomic E-state index is 0.620. The number of nitrogens with two attached hydrogens (primary N) is 1. The van der Waals surface area contributed by atoms with Crippen LogP contribution in [-0.2, 0) is 12.8 Å². The minimum atomic E-state index is 0.620. The number of aryl methyl sites for hydroxylation is 1. The highest BCUT2D eigenvalue weighted by Gasteiger charge is 2.06. The van der Waals surface area contributed by atoms with Gasteiger partial charge >= 0.3 is 0 Å². The fourth-order valence-corrected chi connectivity index (χ4v) is 1.69. The normalized spacial score (nSPS) is 10.7. The molecule has 2 heterocycles. The standard InChI is InChI=1S/C12H17N5/c1-2-3-11-14-6-7-17(11)12-15-8-10(4-5-13)9-16-12/h6-9H,2-5,13H2,1H3. The van der Waals surface area contributed by atoms with Crippen molar-refractivity contribution >= 4 is 0 Å². The number of nitrogens with zero attached hydrogens (tertiary/aromatic N) is 4. The summed E-state index contributed by atoms with van der Waals surface area (Å²) in [6, 6.07) is 0. The molecule has 0 aliphatic rings. The Bertz CT molecular complexity index is 460. The van der Waals surface area contributed by atoms with Gasteiger partial charge < -0.3 is 5.73 Å².